The van der Waals surface area contributed by atoms with Gasteiger partial charge in [-0.2, -0.15) is 0 Å². The van der Waals surface area contributed by atoms with Crippen LogP contribution in [0.15, 0.2) is 38.9 Å². The number of aromatic nitrogens is 1. The van der Waals surface area contributed by atoms with E-state index in [-0.39, 0.29) is 5.91 Å². The number of benzene rings is 1. The summed E-state index contributed by atoms with van der Waals surface area (Å²) in [6, 6.07) is 7.75. The number of carbonyl (C=O) groups excluding carboxylic acids is 1. The second-order valence-electron chi connectivity index (χ2n) is 4.99. The van der Waals surface area contributed by atoms with E-state index in [4.69, 9.17) is 5.73 Å². The quantitative estimate of drug-likeness (QED) is 0.911. The van der Waals surface area contributed by atoms with Crippen molar-refractivity contribution >= 4 is 34.7 Å². The molecule has 1 aromatic heterocycles. The average Bonchev–Trinajstić information content (AvgIpc) is 3.05. The third-order valence-electron chi connectivity index (χ3n) is 3.16. The first-order valence-corrected chi connectivity index (χ1v) is 8.05. The predicted octanol–water partition coefficient (Wildman–Crippen LogP) is 3.03. The number of aryl methyl sites for hydroxylation is 1. The van der Waals surface area contributed by atoms with Crippen LogP contribution >= 0.6 is 23.1 Å². The lowest BCUT2D eigenvalue weighted by Gasteiger charge is -2.10. The van der Waals surface area contributed by atoms with E-state index in [0.717, 1.165) is 33.5 Å². The fourth-order valence-corrected chi connectivity index (χ4v) is 3.51. The van der Waals surface area contributed by atoms with Gasteiger partial charge in [0.2, 0.25) is 5.91 Å². The minimum absolute atomic E-state index is 0.0894. The lowest BCUT2D eigenvalue weighted by Crippen LogP contribution is -2.37. The highest BCUT2D eigenvalue weighted by Crippen LogP contribution is 2.34. The number of carbonyl (C=O) groups is 1. The van der Waals surface area contributed by atoms with Crippen LogP contribution in [-0.4, -0.2) is 16.4 Å². The van der Waals surface area contributed by atoms with Crippen molar-refractivity contribution in [2.24, 2.45) is 5.73 Å². The summed E-state index contributed by atoms with van der Waals surface area (Å²) >= 11 is 3.26. The number of rotatable bonds is 4. The molecule has 0 saturated heterocycles. The standard InChI is InChI=1S/C14H15N3OS2/c1-9-8-19-13(16-9)20-11-4-2-10(3-5-11)17-12(18)14(15)6-7-14/h2-5,8H,6-7,15H2,1H3,(H,17,18). The summed E-state index contributed by atoms with van der Waals surface area (Å²) in [6.07, 6.45) is 1.55. The van der Waals surface area contributed by atoms with Crippen LogP contribution in [0.5, 0.6) is 0 Å². The second-order valence-corrected chi connectivity index (χ2v) is 7.17. The Labute approximate surface area is 125 Å². The Hall–Kier alpha value is -1.37. The van der Waals surface area contributed by atoms with Gasteiger partial charge < -0.3 is 11.1 Å². The van der Waals surface area contributed by atoms with Gasteiger partial charge in [-0.3, -0.25) is 4.79 Å². The normalized spacial score (nSPS) is 15.9. The van der Waals surface area contributed by atoms with E-state index in [1.54, 1.807) is 23.1 Å². The maximum Gasteiger partial charge on any atom is 0.244 e. The molecule has 0 bridgehead atoms. The average molecular weight is 305 g/mol. The number of hydrogen-bond acceptors (Lipinski definition) is 5. The first kappa shape index (κ1) is 13.6. The van der Waals surface area contributed by atoms with Gasteiger partial charge in [-0.25, -0.2) is 4.98 Å². The highest BCUT2D eigenvalue weighted by atomic mass is 32.2. The third kappa shape index (κ3) is 3.03. The molecule has 3 N–H and O–H groups in total. The first-order valence-electron chi connectivity index (χ1n) is 6.36. The first-order chi connectivity index (χ1) is 9.55. The maximum absolute atomic E-state index is 11.8. The minimum atomic E-state index is -0.633. The van der Waals surface area contributed by atoms with Crippen LogP contribution in [0, 0.1) is 6.92 Å². The fraction of sp³-hybridized carbons (Fsp3) is 0.286. The Morgan fingerprint density at radius 2 is 2.10 bits per heavy atom. The zero-order valence-corrected chi connectivity index (χ0v) is 12.7. The number of nitrogens with two attached hydrogens (primary N) is 1. The van der Waals surface area contributed by atoms with Gasteiger partial charge in [-0.1, -0.05) is 11.8 Å². The SMILES string of the molecule is Cc1csc(Sc2ccc(NC(=O)C3(N)CC3)cc2)n1. The summed E-state index contributed by atoms with van der Waals surface area (Å²) in [5, 5.41) is 4.89. The number of nitrogens with zero attached hydrogens (tertiary/aromatic N) is 1. The molecule has 104 valence electrons. The van der Waals surface area contributed by atoms with Crippen molar-refractivity contribution in [2.75, 3.05) is 5.32 Å². The molecule has 0 unspecified atom stereocenters. The van der Waals surface area contributed by atoms with Gasteiger partial charge in [0, 0.05) is 21.7 Å². The molecule has 6 heteroatoms. The van der Waals surface area contributed by atoms with Crippen LogP contribution in [0.3, 0.4) is 0 Å². The Bertz CT molecular complexity index is 632. The number of anilines is 1. The Kier molecular flexibility index (Phi) is 3.54. The molecule has 0 atom stereocenters. The summed E-state index contributed by atoms with van der Waals surface area (Å²) in [7, 11) is 0. The Balaban J connectivity index is 1.64. The molecule has 2 aromatic rings. The molecule has 0 radical (unpaired) electrons. The molecular weight excluding hydrogens is 290 g/mol. The summed E-state index contributed by atoms with van der Waals surface area (Å²) in [6.45, 7) is 1.99. The zero-order chi connectivity index (χ0) is 14.2. The Morgan fingerprint density at radius 3 is 2.65 bits per heavy atom. The second kappa shape index (κ2) is 5.20. The number of hydrogen-bond donors (Lipinski definition) is 2. The van der Waals surface area contributed by atoms with E-state index >= 15 is 0 Å². The summed E-state index contributed by atoms with van der Waals surface area (Å²) < 4.78 is 1.03. The largest absolute Gasteiger partial charge is 0.324 e. The van der Waals surface area contributed by atoms with Crippen molar-refractivity contribution in [3.63, 3.8) is 0 Å². The predicted molar refractivity (Wildman–Crippen MR) is 82.2 cm³/mol. The van der Waals surface area contributed by atoms with Crippen LogP contribution in [0.1, 0.15) is 18.5 Å². The molecule has 1 fully saturated rings. The molecule has 1 amide bonds. The molecule has 20 heavy (non-hydrogen) atoms. The zero-order valence-electron chi connectivity index (χ0n) is 11.1. The summed E-state index contributed by atoms with van der Waals surface area (Å²) in [5.74, 6) is -0.0894. The maximum atomic E-state index is 11.8. The molecular formula is C14H15N3OS2. The summed E-state index contributed by atoms with van der Waals surface area (Å²) in [4.78, 5) is 17.3. The van der Waals surface area contributed by atoms with Gasteiger partial charge in [0.05, 0.1) is 5.54 Å². The lowest BCUT2D eigenvalue weighted by molar-refractivity contribution is -0.118. The van der Waals surface area contributed by atoms with Gasteiger partial charge in [-0.05, 0) is 44.0 Å². The van der Waals surface area contributed by atoms with E-state index < -0.39 is 5.54 Å². The highest BCUT2D eigenvalue weighted by molar-refractivity contribution is 8.01. The van der Waals surface area contributed by atoms with Gasteiger partial charge in [0.1, 0.15) is 0 Å². The third-order valence-corrected chi connectivity index (χ3v) is 5.22. The number of nitrogens with one attached hydrogen (secondary N) is 1. The monoisotopic (exact) mass is 305 g/mol. The Morgan fingerprint density at radius 1 is 1.40 bits per heavy atom. The van der Waals surface area contributed by atoms with Gasteiger partial charge in [0.15, 0.2) is 4.34 Å². The molecule has 1 aliphatic rings. The topological polar surface area (TPSA) is 68.0 Å². The molecule has 1 aromatic carbocycles. The molecule has 1 aliphatic carbocycles. The van der Waals surface area contributed by atoms with Crippen molar-refractivity contribution in [3.8, 4) is 0 Å². The van der Waals surface area contributed by atoms with Crippen molar-refractivity contribution in [1.82, 2.24) is 4.98 Å². The van der Waals surface area contributed by atoms with E-state index in [9.17, 15) is 4.79 Å². The number of amides is 1. The molecule has 0 aliphatic heterocycles. The van der Waals surface area contributed by atoms with Gasteiger partial charge >= 0.3 is 0 Å². The van der Waals surface area contributed by atoms with E-state index in [2.05, 4.69) is 10.3 Å². The van der Waals surface area contributed by atoms with E-state index in [1.165, 1.54) is 0 Å². The van der Waals surface area contributed by atoms with Crippen molar-refractivity contribution in [2.45, 2.75) is 34.5 Å². The molecule has 1 heterocycles. The lowest BCUT2D eigenvalue weighted by atomic mass is 10.2. The van der Waals surface area contributed by atoms with Crippen molar-refractivity contribution in [1.29, 1.82) is 0 Å². The molecule has 4 nitrogen and oxygen atoms in total. The smallest absolute Gasteiger partial charge is 0.244 e. The van der Waals surface area contributed by atoms with Crippen LogP contribution in [0.2, 0.25) is 0 Å². The van der Waals surface area contributed by atoms with E-state index in [1.807, 2.05) is 36.6 Å². The van der Waals surface area contributed by atoms with Gasteiger partial charge in [-0.15, -0.1) is 11.3 Å². The van der Waals surface area contributed by atoms with Crippen LogP contribution in [0.25, 0.3) is 0 Å². The van der Waals surface area contributed by atoms with Crippen LogP contribution in [-0.2, 0) is 4.79 Å². The molecule has 0 spiro atoms. The summed E-state index contributed by atoms with van der Waals surface area (Å²) in [5.41, 5.74) is 7.04. The highest BCUT2D eigenvalue weighted by Gasteiger charge is 2.45. The molecule has 1 saturated carbocycles. The van der Waals surface area contributed by atoms with E-state index in [0.29, 0.717) is 0 Å². The fourth-order valence-electron chi connectivity index (χ4n) is 1.70. The number of thiazole rings is 1. The minimum Gasteiger partial charge on any atom is -0.324 e. The molecule has 3 rings (SSSR count). The van der Waals surface area contributed by atoms with Crippen LogP contribution < -0.4 is 11.1 Å². The van der Waals surface area contributed by atoms with Crippen molar-refractivity contribution in [3.05, 3.63) is 35.3 Å². The van der Waals surface area contributed by atoms with Gasteiger partial charge in [0.25, 0.3) is 0 Å². The van der Waals surface area contributed by atoms with Crippen LogP contribution in [0.4, 0.5) is 5.69 Å². The van der Waals surface area contributed by atoms with Crippen molar-refractivity contribution < 1.29 is 4.79 Å².